The Kier molecular flexibility index (Phi) is 8.30. The first-order valence-corrected chi connectivity index (χ1v) is 14.7. The molecule has 3 aromatic carbocycles. The Morgan fingerprint density at radius 1 is 1.00 bits per heavy atom. The topological polar surface area (TPSA) is 55.8 Å². The van der Waals surface area contributed by atoms with Crippen molar-refractivity contribution in [3.05, 3.63) is 83.4 Å². The Morgan fingerprint density at radius 2 is 1.79 bits per heavy atom. The van der Waals surface area contributed by atoms with Gasteiger partial charge >= 0.3 is 5.97 Å². The fourth-order valence-electron chi connectivity index (χ4n) is 6.24. The molecule has 39 heavy (non-hydrogen) atoms. The molecule has 206 valence electrons. The molecule has 2 aliphatic rings. The first-order valence-electron chi connectivity index (χ1n) is 14.7. The van der Waals surface area contributed by atoms with Crippen molar-refractivity contribution in [1.82, 2.24) is 0 Å². The monoisotopic (exact) mass is 526 g/mol. The Hall–Kier alpha value is -3.27. The van der Waals surface area contributed by atoms with Gasteiger partial charge in [0.25, 0.3) is 0 Å². The van der Waals surface area contributed by atoms with Gasteiger partial charge in [-0.25, -0.2) is 0 Å². The lowest BCUT2D eigenvalue weighted by Gasteiger charge is -2.30. The highest BCUT2D eigenvalue weighted by molar-refractivity contribution is 5.70. The summed E-state index contributed by atoms with van der Waals surface area (Å²) >= 11 is 0. The molecule has 2 fully saturated rings. The highest BCUT2D eigenvalue weighted by atomic mass is 16.5. The smallest absolute Gasteiger partial charge is 0.303 e. The molecule has 1 N–H and O–H groups in total. The third kappa shape index (κ3) is 6.84. The molecule has 0 bridgehead atoms. The number of aliphatic carboxylic acids is 1. The van der Waals surface area contributed by atoms with Gasteiger partial charge in [-0.15, -0.1) is 0 Å². The first-order chi connectivity index (χ1) is 18.8. The van der Waals surface area contributed by atoms with Crippen molar-refractivity contribution in [3.8, 4) is 22.6 Å². The number of rotatable bonds is 12. The zero-order valence-corrected chi connectivity index (χ0v) is 23.6. The Labute approximate surface area is 233 Å². The summed E-state index contributed by atoms with van der Waals surface area (Å²) in [5.41, 5.74) is 6.35. The second-order valence-corrected chi connectivity index (χ2v) is 12.1. The second-order valence-electron chi connectivity index (χ2n) is 12.1. The number of hydrogen-bond acceptors (Lipinski definition) is 3. The van der Waals surface area contributed by atoms with Crippen molar-refractivity contribution in [2.24, 2.45) is 5.41 Å². The zero-order valence-electron chi connectivity index (χ0n) is 23.6. The number of carboxylic acids is 1. The van der Waals surface area contributed by atoms with Crippen LogP contribution in [0.2, 0.25) is 0 Å². The third-order valence-electron chi connectivity index (χ3n) is 8.51. The SMILES string of the molecule is CCC[C@@H](CC(=O)O)c1cccc(OCc2ccc(-c3cccc(OC4CC4)c3)c([C@H]3CCCC3(C)C)c2)c1. The lowest BCUT2D eigenvalue weighted by molar-refractivity contribution is -0.137. The minimum absolute atomic E-state index is 0.00573. The molecule has 2 saturated carbocycles. The number of carboxylic acid groups (broad SMARTS) is 1. The fraction of sp³-hybridized carbons (Fsp3) is 0.457. The number of ether oxygens (including phenoxy) is 2. The average Bonchev–Trinajstić information content (AvgIpc) is 3.66. The summed E-state index contributed by atoms with van der Waals surface area (Å²) in [4.78, 5) is 11.4. The lowest BCUT2D eigenvalue weighted by atomic mass is 9.75. The van der Waals surface area contributed by atoms with E-state index in [1.54, 1.807) is 0 Å². The van der Waals surface area contributed by atoms with Crippen LogP contribution < -0.4 is 9.47 Å². The number of benzene rings is 3. The van der Waals surface area contributed by atoms with Gasteiger partial charge in [-0.2, -0.15) is 0 Å². The van der Waals surface area contributed by atoms with Gasteiger partial charge < -0.3 is 14.6 Å². The molecule has 0 radical (unpaired) electrons. The highest BCUT2D eigenvalue weighted by Crippen LogP contribution is 2.51. The molecular weight excluding hydrogens is 484 g/mol. The second kappa shape index (κ2) is 11.9. The number of carbonyl (C=O) groups is 1. The Morgan fingerprint density at radius 3 is 2.51 bits per heavy atom. The molecular formula is C35H42O4. The molecule has 4 nitrogen and oxygen atoms in total. The minimum Gasteiger partial charge on any atom is -0.490 e. The van der Waals surface area contributed by atoms with Gasteiger partial charge in [0.2, 0.25) is 0 Å². The van der Waals surface area contributed by atoms with Crippen LogP contribution in [-0.2, 0) is 11.4 Å². The van der Waals surface area contributed by atoms with Crippen LogP contribution in [0.1, 0.15) is 101 Å². The van der Waals surface area contributed by atoms with Crippen molar-refractivity contribution in [1.29, 1.82) is 0 Å². The van der Waals surface area contributed by atoms with E-state index in [9.17, 15) is 9.90 Å². The summed E-state index contributed by atoms with van der Waals surface area (Å²) in [6.45, 7) is 7.38. The van der Waals surface area contributed by atoms with Crippen molar-refractivity contribution in [3.63, 3.8) is 0 Å². The summed E-state index contributed by atoms with van der Waals surface area (Å²) in [7, 11) is 0. The van der Waals surface area contributed by atoms with Crippen molar-refractivity contribution in [2.75, 3.05) is 0 Å². The predicted molar refractivity (Wildman–Crippen MR) is 157 cm³/mol. The van der Waals surface area contributed by atoms with Crippen LogP contribution in [0.3, 0.4) is 0 Å². The molecule has 0 unspecified atom stereocenters. The molecule has 2 atom stereocenters. The third-order valence-corrected chi connectivity index (χ3v) is 8.51. The maximum atomic E-state index is 11.4. The minimum atomic E-state index is -0.758. The van der Waals surface area contributed by atoms with Gasteiger partial charge in [0.05, 0.1) is 12.5 Å². The fourth-order valence-corrected chi connectivity index (χ4v) is 6.24. The Balaban J connectivity index is 1.39. The molecule has 0 heterocycles. The van der Waals surface area contributed by atoms with Crippen molar-refractivity contribution in [2.45, 2.75) is 96.7 Å². The molecule has 3 aromatic rings. The predicted octanol–water partition coefficient (Wildman–Crippen LogP) is 9.13. The molecule has 4 heteroatoms. The van der Waals surface area contributed by atoms with E-state index in [4.69, 9.17) is 9.47 Å². The summed E-state index contributed by atoms with van der Waals surface area (Å²) < 4.78 is 12.4. The maximum absolute atomic E-state index is 11.4. The summed E-state index contributed by atoms with van der Waals surface area (Å²) in [6, 6.07) is 23.4. The summed E-state index contributed by atoms with van der Waals surface area (Å²) in [5, 5.41) is 9.37. The van der Waals surface area contributed by atoms with Gasteiger partial charge in [0, 0.05) is 0 Å². The normalized spacial score (nSPS) is 19.0. The van der Waals surface area contributed by atoms with E-state index in [1.807, 2.05) is 24.3 Å². The highest BCUT2D eigenvalue weighted by Gasteiger charge is 2.37. The van der Waals surface area contributed by atoms with Gasteiger partial charge in [0.15, 0.2) is 0 Å². The van der Waals surface area contributed by atoms with E-state index in [1.165, 1.54) is 36.0 Å². The first kappa shape index (κ1) is 27.3. The van der Waals surface area contributed by atoms with E-state index in [0.29, 0.717) is 18.6 Å². The largest absolute Gasteiger partial charge is 0.490 e. The molecule has 0 amide bonds. The van der Waals surface area contributed by atoms with Gasteiger partial charge in [-0.1, -0.05) is 76.1 Å². The molecule has 2 aliphatic carbocycles. The van der Waals surface area contributed by atoms with Crippen LogP contribution in [0.5, 0.6) is 11.5 Å². The molecule has 0 spiro atoms. The summed E-state index contributed by atoms with van der Waals surface area (Å²) in [5.74, 6) is 1.49. The van der Waals surface area contributed by atoms with Crippen molar-refractivity contribution < 1.29 is 19.4 Å². The van der Waals surface area contributed by atoms with Gasteiger partial charge in [0.1, 0.15) is 18.1 Å². The standard InChI is InChI=1S/C35H42O4/c1-4-8-25(22-34(36)37)26-9-5-11-29(20-26)38-23-24-14-17-31(32(19-24)33-13-7-18-35(33,2)3)27-10-6-12-30(21-27)39-28-15-16-28/h5-6,9-12,14,17,19-21,25,28,33H,4,7-8,13,15-16,18,22-23H2,1-3H3,(H,36,37)/t25-,33+/m0/s1. The van der Waals surface area contributed by atoms with E-state index in [2.05, 4.69) is 63.2 Å². The van der Waals surface area contributed by atoms with Gasteiger partial charge in [-0.05, 0) is 101 Å². The quantitative estimate of drug-likeness (QED) is 0.256. The van der Waals surface area contributed by atoms with Gasteiger partial charge in [-0.3, -0.25) is 4.79 Å². The van der Waals surface area contributed by atoms with Crippen LogP contribution >= 0.6 is 0 Å². The van der Waals surface area contributed by atoms with Crippen LogP contribution in [-0.4, -0.2) is 17.2 Å². The average molecular weight is 527 g/mol. The number of hydrogen-bond donors (Lipinski definition) is 1. The molecule has 5 rings (SSSR count). The van der Waals surface area contributed by atoms with Crippen molar-refractivity contribution >= 4 is 5.97 Å². The Bertz CT molecular complexity index is 1290. The van der Waals surface area contributed by atoms with E-state index < -0.39 is 5.97 Å². The zero-order chi connectivity index (χ0) is 27.4. The van der Waals surface area contributed by atoms with Crippen LogP contribution in [0.25, 0.3) is 11.1 Å². The lowest BCUT2D eigenvalue weighted by Crippen LogP contribution is -2.16. The van der Waals surface area contributed by atoms with E-state index >= 15 is 0 Å². The molecule has 0 aliphatic heterocycles. The van der Waals surface area contributed by atoms with E-state index in [-0.39, 0.29) is 17.8 Å². The van der Waals surface area contributed by atoms with Crippen LogP contribution in [0.4, 0.5) is 0 Å². The van der Waals surface area contributed by atoms with E-state index in [0.717, 1.165) is 48.3 Å². The van der Waals surface area contributed by atoms with Crippen LogP contribution in [0, 0.1) is 5.41 Å². The maximum Gasteiger partial charge on any atom is 0.303 e. The molecule has 0 saturated heterocycles. The molecule has 0 aromatic heterocycles. The summed E-state index contributed by atoms with van der Waals surface area (Å²) in [6.07, 6.45) is 8.34. The van der Waals surface area contributed by atoms with Crippen LogP contribution in [0.15, 0.2) is 66.7 Å².